The van der Waals surface area contributed by atoms with Crippen LogP contribution in [0.25, 0.3) is 22.0 Å². The van der Waals surface area contributed by atoms with Crippen LogP contribution in [0.1, 0.15) is 5.56 Å². The highest BCUT2D eigenvalue weighted by atomic mass is 35.5. The lowest BCUT2D eigenvalue weighted by atomic mass is 10.1. The number of rotatable bonds is 4. The van der Waals surface area contributed by atoms with Gasteiger partial charge in [-0.25, -0.2) is 9.97 Å². The Kier molecular flexibility index (Phi) is 5.40. The number of morpholine rings is 1. The summed E-state index contributed by atoms with van der Waals surface area (Å²) in [5.74, 6) is 0.697. The number of aromatic nitrogens is 4. The molecule has 4 aromatic rings. The molecule has 0 unspecified atom stereocenters. The molecule has 0 spiro atoms. The average molecular weight is 456 g/mol. The fourth-order valence-corrected chi connectivity index (χ4v) is 4.10. The van der Waals surface area contributed by atoms with Crippen LogP contribution in [0.15, 0.2) is 53.6 Å². The zero-order valence-corrected chi connectivity index (χ0v) is 18.0. The number of fused-ring (bicyclic) bond motifs is 1. The largest absolute Gasteiger partial charge is 0.378 e. The van der Waals surface area contributed by atoms with Gasteiger partial charge < -0.3 is 9.64 Å². The molecule has 3 heterocycles. The third kappa shape index (κ3) is 4.04. The minimum atomic E-state index is -0.154. The summed E-state index contributed by atoms with van der Waals surface area (Å²) in [6.45, 7) is 3.33. The summed E-state index contributed by atoms with van der Waals surface area (Å²) >= 11 is 12.4. The summed E-state index contributed by atoms with van der Waals surface area (Å²) in [6.07, 6.45) is 3.61. The van der Waals surface area contributed by atoms with Crippen LogP contribution in [0, 0.1) is 0 Å². The lowest BCUT2D eigenvalue weighted by molar-refractivity contribution is 0.122. The van der Waals surface area contributed by atoms with Gasteiger partial charge in [-0.2, -0.15) is 0 Å². The van der Waals surface area contributed by atoms with Gasteiger partial charge in [-0.05, 0) is 41.5 Å². The number of nitrogens with zero attached hydrogens (tertiary/aromatic N) is 4. The van der Waals surface area contributed by atoms with E-state index >= 15 is 0 Å². The first-order valence-corrected chi connectivity index (χ1v) is 10.7. The first-order valence-electron chi connectivity index (χ1n) is 9.90. The number of hydrogen-bond donors (Lipinski definition) is 1. The van der Waals surface area contributed by atoms with E-state index in [9.17, 15) is 4.79 Å². The molecule has 1 N–H and O–H groups in total. The van der Waals surface area contributed by atoms with E-state index in [2.05, 4.69) is 20.0 Å². The summed E-state index contributed by atoms with van der Waals surface area (Å²) in [6, 6.07) is 11.0. The highest BCUT2D eigenvalue weighted by molar-refractivity contribution is 6.33. The second-order valence-electron chi connectivity index (χ2n) is 7.37. The molecule has 0 bridgehead atoms. The monoisotopic (exact) mass is 455 g/mol. The highest BCUT2D eigenvalue weighted by Crippen LogP contribution is 2.26. The van der Waals surface area contributed by atoms with Gasteiger partial charge in [0.2, 0.25) is 5.95 Å². The summed E-state index contributed by atoms with van der Waals surface area (Å²) in [5, 5.41) is 4.68. The number of benzene rings is 2. The normalized spacial score (nSPS) is 14.3. The minimum Gasteiger partial charge on any atom is -0.378 e. The molecule has 1 aliphatic heterocycles. The molecule has 1 aliphatic rings. The topological polar surface area (TPSA) is 76.0 Å². The van der Waals surface area contributed by atoms with Crippen molar-refractivity contribution in [2.75, 3.05) is 31.2 Å². The van der Waals surface area contributed by atoms with Gasteiger partial charge in [0.25, 0.3) is 5.56 Å². The average Bonchev–Trinajstić information content (AvgIpc) is 3.11. The molecule has 1 fully saturated rings. The molecule has 5 rings (SSSR count). The molecule has 158 valence electrons. The van der Waals surface area contributed by atoms with Crippen molar-refractivity contribution in [2.45, 2.75) is 6.54 Å². The maximum Gasteiger partial charge on any atom is 0.271 e. The van der Waals surface area contributed by atoms with E-state index in [1.54, 1.807) is 22.9 Å². The van der Waals surface area contributed by atoms with E-state index in [-0.39, 0.29) is 5.56 Å². The van der Waals surface area contributed by atoms with Gasteiger partial charge in [0, 0.05) is 41.1 Å². The Morgan fingerprint density at radius 3 is 2.55 bits per heavy atom. The van der Waals surface area contributed by atoms with E-state index in [0.717, 1.165) is 35.3 Å². The number of hydrogen-bond acceptors (Lipinski definition) is 5. The van der Waals surface area contributed by atoms with Crippen molar-refractivity contribution in [2.24, 2.45) is 0 Å². The van der Waals surface area contributed by atoms with E-state index in [4.69, 9.17) is 27.9 Å². The maximum absolute atomic E-state index is 12.4. The predicted molar refractivity (Wildman–Crippen MR) is 122 cm³/mol. The standard InChI is InChI=1S/C22H19Cl2N5O2/c23-17-2-4-19(24)15(9-17)13-29-20-10-14(1-3-18(20)21(30)27-29)16-11-25-22(26-12-16)28-5-7-31-8-6-28/h1-4,9-12H,5-8,13H2,(H,27,30). The molecule has 9 heteroatoms. The number of H-pyrrole nitrogens is 1. The van der Waals surface area contributed by atoms with Crippen molar-refractivity contribution in [3.05, 3.63) is 74.8 Å². The number of halogens is 2. The van der Waals surface area contributed by atoms with Gasteiger partial charge >= 0.3 is 0 Å². The van der Waals surface area contributed by atoms with Gasteiger partial charge in [-0.1, -0.05) is 29.3 Å². The van der Waals surface area contributed by atoms with Crippen LogP contribution >= 0.6 is 23.2 Å². The van der Waals surface area contributed by atoms with Crippen LogP contribution in [0.5, 0.6) is 0 Å². The molecule has 1 saturated heterocycles. The van der Waals surface area contributed by atoms with Crippen molar-refractivity contribution < 1.29 is 4.74 Å². The van der Waals surface area contributed by atoms with Gasteiger partial charge in [0.15, 0.2) is 0 Å². The molecule has 0 radical (unpaired) electrons. The van der Waals surface area contributed by atoms with E-state index in [0.29, 0.717) is 41.1 Å². The lowest BCUT2D eigenvalue weighted by Gasteiger charge is -2.26. The van der Waals surface area contributed by atoms with E-state index < -0.39 is 0 Å². The number of ether oxygens (including phenoxy) is 1. The van der Waals surface area contributed by atoms with Crippen molar-refractivity contribution in [3.8, 4) is 11.1 Å². The summed E-state index contributed by atoms with van der Waals surface area (Å²) < 4.78 is 7.16. The molecule has 0 aliphatic carbocycles. The first-order chi connectivity index (χ1) is 15.1. The molecule has 2 aromatic carbocycles. The van der Waals surface area contributed by atoms with Gasteiger partial charge in [0.05, 0.1) is 30.7 Å². The highest BCUT2D eigenvalue weighted by Gasteiger charge is 2.15. The Morgan fingerprint density at radius 1 is 1.00 bits per heavy atom. The summed E-state index contributed by atoms with van der Waals surface area (Å²) in [5.41, 5.74) is 3.24. The molecule has 0 amide bonds. The second kappa shape index (κ2) is 8.34. The lowest BCUT2D eigenvalue weighted by Crippen LogP contribution is -2.37. The third-order valence-corrected chi connectivity index (χ3v) is 5.98. The Bertz CT molecular complexity index is 1290. The predicted octanol–water partition coefficient (Wildman–Crippen LogP) is 3.98. The van der Waals surface area contributed by atoms with Crippen molar-refractivity contribution >= 4 is 40.1 Å². The van der Waals surface area contributed by atoms with Crippen molar-refractivity contribution in [1.82, 2.24) is 19.7 Å². The minimum absolute atomic E-state index is 0.154. The van der Waals surface area contributed by atoms with Gasteiger partial charge in [-0.15, -0.1) is 0 Å². The Balaban J connectivity index is 1.48. The fourth-order valence-electron chi connectivity index (χ4n) is 3.73. The first kappa shape index (κ1) is 20.1. The number of aromatic amines is 1. The van der Waals surface area contributed by atoms with Gasteiger partial charge in [-0.3, -0.25) is 14.6 Å². The van der Waals surface area contributed by atoms with E-state index in [1.807, 2.05) is 30.6 Å². The molecule has 31 heavy (non-hydrogen) atoms. The number of nitrogens with one attached hydrogen (secondary N) is 1. The van der Waals surface area contributed by atoms with Crippen molar-refractivity contribution in [3.63, 3.8) is 0 Å². The molecular formula is C22H19Cl2N5O2. The van der Waals surface area contributed by atoms with Crippen LogP contribution in [0.2, 0.25) is 10.0 Å². The van der Waals surface area contributed by atoms with Crippen LogP contribution in [-0.2, 0) is 11.3 Å². The van der Waals surface area contributed by atoms with Crippen LogP contribution in [0.3, 0.4) is 0 Å². The zero-order valence-electron chi connectivity index (χ0n) is 16.5. The Labute approximate surface area is 188 Å². The second-order valence-corrected chi connectivity index (χ2v) is 8.21. The van der Waals surface area contributed by atoms with Crippen LogP contribution in [0.4, 0.5) is 5.95 Å². The van der Waals surface area contributed by atoms with Crippen molar-refractivity contribution in [1.29, 1.82) is 0 Å². The quantitative estimate of drug-likeness (QED) is 0.503. The molecule has 7 nitrogen and oxygen atoms in total. The Hall–Kier alpha value is -2.87. The number of anilines is 1. The molecular weight excluding hydrogens is 437 g/mol. The maximum atomic E-state index is 12.4. The smallest absolute Gasteiger partial charge is 0.271 e. The fraction of sp³-hybridized carbons (Fsp3) is 0.227. The Morgan fingerprint density at radius 2 is 1.77 bits per heavy atom. The van der Waals surface area contributed by atoms with E-state index in [1.165, 1.54) is 0 Å². The zero-order chi connectivity index (χ0) is 21.4. The molecule has 2 aromatic heterocycles. The SMILES string of the molecule is O=c1[nH]n(Cc2cc(Cl)ccc2Cl)c2cc(-c3cnc(N4CCOCC4)nc3)ccc12. The summed E-state index contributed by atoms with van der Waals surface area (Å²) in [4.78, 5) is 23.6. The summed E-state index contributed by atoms with van der Waals surface area (Å²) in [7, 11) is 0. The third-order valence-electron chi connectivity index (χ3n) is 5.37. The van der Waals surface area contributed by atoms with Gasteiger partial charge in [0.1, 0.15) is 0 Å². The van der Waals surface area contributed by atoms with Crippen LogP contribution in [-0.4, -0.2) is 46.1 Å². The van der Waals surface area contributed by atoms with Crippen LogP contribution < -0.4 is 10.5 Å². The molecule has 0 saturated carbocycles. The molecule has 0 atom stereocenters.